The highest BCUT2D eigenvalue weighted by Gasteiger charge is 2.21. The van der Waals surface area contributed by atoms with Gasteiger partial charge in [0.25, 0.3) is 0 Å². The van der Waals surface area contributed by atoms with Crippen LogP contribution in [0.3, 0.4) is 0 Å². The van der Waals surface area contributed by atoms with Crippen molar-refractivity contribution in [3.05, 3.63) is 23.8 Å². The molecule has 0 radical (unpaired) electrons. The van der Waals surface area contributed by atoms with Gasteiger partial charge in [-0.3, -0.25) is 0 Å². The molecule has 2 rings (SSSR count). The molecule has 1 fully saturated rings. The van der Waals surface area contributed by atoms with E-state index in [-0.39, 0.29) is 37.2 Å². The fourth-order valence-corrected chi connectivity index (χ4v) is 2.56. The van der Waals surface area contributed by atoms with Crippen LogP contribution in [0.2, 0.25) is 0 Å². The maximum atomic E-state index is 8.90. The van der Waals surface area contributed by atoms with Gasteiger partial charge in [-0.25, -0.2) is 4.99 Å². The Hall–Kier alpha value is -1.26. The Balaban J connectivity index is 0.00000392. The third-order valence-corrected chi connectivity index (χ3v) is 4.31. The topological polar surface area (TPSA) is 75.6 Å². The van der Waals surface area contributed by atoms with Crippen LogP contribution in [0.1, 0.15) is 25.3 Å². The molecule has 0 atom stereocenters. The van der Waals surface area contributed by atoms with Gasteiger partial charge < -0.3 is 29.5 Å². The summed E-state index contributed by atoms with van der Waals surface area (Å²) in [6.07, 6.45) is 2.63. The van der Waals surface area contributed by atoms with Crippen LogP contribution in [0.4, 0.5) is 0 Å². The van der Waals surface area contributed by atoms with E-state index in [1.54, 1.807) is 7.11 Å². The Labute approximate surface area is 185 Å². The van der Waals surface area contributed by atoms with Gasteiger partial charge in [0.2, 0.25) is 0 Å². The van der Waals surface area contributed by atoms with Crippen molar-refractivity contribution in [2.75, 3.05) is 53.7 Å². The molecule has 0 amide bonds. The zero-order valence-electron chi connectivity index (χ0n) is 17.1. The molecule has 2 N–H and O–H groups in total. The van der Waals surface area contributed by atoms with Crippen molar-refractivity contribution in [1.29, 1.82) is 0 Å². The highest BCUT2D eigenvalue weighted by molar-refractivity contribution is 14.0. The lowest BCUT2D eigenvalue weighted by Crippen LogP contribution is -2.40. The summed E-state index contributed by atoms with van der Waals surface area (Å²) < 4.78 is 16.6. The average molecular weight is 507 g/mol. The number of hydrogen-bond donors (Lipinski definition) is 2. The molecule has 160 valence electrons. The second-order valence-electron chi connectivity index (χ2n) is 6.67. The largest absolute Gasteiger partial charge is 0.493 e. The summed E-state index contributed by atoms with van der Waals surface area (Å²) in [5, 5.41) is 12.2. The molecule has 0 unspecified atom stereocenters. The molecule has 1 saturated carbocycles. The standard InChI is InChI=1S/C20H33N3O4.HI/c1-4-21-20(23(2)9-11-26-15-16-5-6-16)22-14-17-7-8-18(27-12-10-24)19(13-17)25-3;/h7-8,13,16,24H,4-6,9-12,14-15H2,1-3H3,(H,21,22);1H. The zero-order valence-corrected chi connectivity index (χ0v) is 19.5. The molecule has 0 aliphatic heterocycles. The summed E-state index contributed by atoms with van der Waals surface area (Å²) in [6.45, 7) is 6.01. The van der Waals surface area contributed by atoms with Gasteiger partial charge in [0.05, 0.1) is 26.9 Å². The zero-order chi connectivity index (χ0) is 19.5. The average Bonchev–Trinajstić information content (AvgIpc) is 3.51. The Bertz CT molecular complexity index is 597. The molecule has 1 aromatic rings. The van der Waals surface area contributed by atoms with Gasteiger partial charge in [-0.2, -0.15) is 0 Å². The number of likely N-dealkylation sites (N-methyl/N-ethyl adjacent to an activating group) is 1. The number of nitrogens with one attached hydrogen (secondary N) is 1. The molecule has 0 bridgehead atoms. The number of nitrogens with zero attached hydrogens (tertiary/aromatic N) is 2. The predicted molar refractivity (Wildman–Crippen MR) is 122 cm³/mol. The number of aliphatic hydroxyl groups is 1. The predicted octanol–water partition coefficient (Wildman–Crippen LogP) is 2.51. The molecule has 1 aliphatic rings. The number of methoxy groups -OCH3 is 1. The monoisotopic (exact) mass is 507 g/mol. The van der Waals surface area contributed by atoms with E-state index in [1.807, 2.05) is 25.2 Å². The first-order valence-corrected chi connectivity index (χ1v) is 9.65. The molecule has 1 aromatic carbocycles. The van der Waals surface area contributed by atoms with Crippen LogP contribution in [0.25, 0.3) is 0 Å². The van der Waals surface area contributed by atoms with Gasteiger partial charge >= 0.3 is 0 Å². The summed E-state index contributed by atoms with van der Waals surface area (Å²) in [7, 11) is 3.63. The molecule has 0 aromatic heterocycles. The molecular formula is C20H34IN3O4. The molecule has 0 saturated heterocycles. The van der Waals surface area contributed by atoms with E-state index < -0.39 is 0 Å². The lowest BCUT2D eigenvalue weighted by atomic mass is 10.2. The van der Waals surface area contributed by atoms with E-state index >= 15 is 0 Å². The Morgan fingerprint density at radius 3 is 2.71 bits per heavy atom. The maximum absolute atomic E-state index is 8.90. The van der Waals surface area contributed by atoms with Crippen molar-refractivity contribution in [1.82, 2.24) is 10.2 Å². The van der Waals surface area contributed by atoms with E-state index in [4.69, 9.17) is 24.3 Å². The van der Waals surface area contributed by atoms with E-state index in [9.17, 15) is 0 Å². The number of aliphatic imine (C=N–C) groups is 1. The summed E-state index contributed by atoms with van der Waals surface area (Å²) in [5.74, 6) is 2.91. The third kappa shape index (κ3) is 8.83. The minimum absolute atomic E-state index is 0. The van der Waals surface area contributed by atoms with Crippen LogP contribution >= 0.6 is 24.0 Å². The number of rotatable bonds is 12. The summed E-state index contributed by atoms with van der Waals surface area (Å²) in [4.78, 5) is 6.81. The van der Waals surface area contributed by atoms with Gasteiger partial charge in [-0.15, -0.1) is 24.0 Å². The fraction of sp³-hybridized carbons (Fsp3) is 0.650. The first-order chi connectivity index (χ1) is 13.2. The minimum atomic E-state index is -0.0298. The molecule has 1 aliphatic carbocycles. The summed E-state index contributed by atoms with van der Waals surface area (Å²) in [6, 6.07) is 5.72. The second-order valence-corrected chi connectivity index (χ2v) is 6.67. The van der Waals surface area contributed by atoms with E-state index in [2.05, 4.69) is 17.1 Å². The number of ether oxygens (including phenoxy) is 3. The molecule has 28 heavy (non-hydrogen) atoms. The number of hydrogen-bond acceptors (Lipinski definition) is 5. The molecule has 8 heteroatoms. The van der Waals surface area contributed by atoms with Gasteiger partial charge in [-0.1, -0.05) is 6.07 Å². The fourth-order valence-electron chi connectivity index (χ4n) is 2.56. The van der Waals surface area contributed by atoms with Gasteiger partial charge in [0.15, 0.2) is 17.5 Å². The normalized spacial score (nSPS) is 13.6. The molecule has 7 nitrogen and oxygen atoms in total. The quantitative estimate of drug-likeness (QED) is 0.196. The van der Waals surface area contributed by atoms with E-state index in [0.29, 0.717) is 24.7 Å². The Morgan fingerprint density at radius 1 is 1.29 bits per heavy atom. The number of guanidine groups is 1. The molecule has 0 spiro atoms. The maximum Gasteiger partial charge on any atom is 0.194 e. The number of halogens is 1. The SMILES string of the molecule is CCNC(=NCc1ccc(OCCO)c(OC)c1)N(C)CCOCC1CC1.I. The Morgan fingerprint density at radius 2 is 2.07 bits per heavy atom. The van der Waals surface area contributed by atoms with Gasteiger partial charge in [0, 0.05) is 26.7 Å². The van der Waals surface area contributed by atoms with Crippen molar-refractivity contribution in [2.45, 2.75) is 26.3 Å². The number of benzene rings is 1. The summed E-state index contributed by atoms with van der Waals surface area (Å²) >= 11 is 0. The van der Waals surface area contributed by atoms with Crippen LogP contribution in [-0.4, -0.2) is 69.6 Å². The molecular weight excluding hydrogens is 473 g/mol. The van der Waals surface area contributed by atoms with Gasteiger partial charge in [0.1, 0.15) is 6.61 Å². The van der Waals surface area contributed by atoms with Crippen LogP contribution in [0, 0.1) is 5.92 Å². The van der Waals surface area contributed by atoms with Crippen LogP contribution in [0.15, 0.2) is 23.2 Å². The second kappa shape index (κ2) is 13.8. The first kappa shape index (κ1) is 24.8. The van der Waals surface area contributed by atoms with Crippen molar-refractivity contribution in [2.24, 2.45) is 10.9 Å². The lowest BCUT2D eigenvalue weighted by Gasteiger charge is -2.22. The third-order valence-electron chi connectivity index (χ3n) is 4.31. The molecule has 0 heterocycles. The first-order valence-electron chi connectivity index (χ1n) is 9.65. The summed E-state index contributed by atoms with van der Waals surface area (Å²) in [5.41, 5.74) is 1.02. The number of aliphatic hydroxyl groups excluding tert-OH is 1. The van der Waals surface area contributed by atoms with E-state index in [1.165, 1.54) is 12.8 Å². The van der Waals surface area contributed by atoms with E-state index in [0.717, 1.165) is 37.1 Å². The van der Waals surface area contributed by atoms with Crippen LogP contribution in [0.5, 0.6) is 11.5 Å². The highest BCUT2D eigenvalue weighted by atomic mass is 127. The van der Waals surface area contributed by atoms with Gasteiger partial charge in [-0.05, 0) is 43.4 Å². The van der Waals surface area contributed by atoms with Crippen molar-refractivity contribution < 1.29 is 19.3 Å². The lowest BCUT2D eigenvalue weighted by molar-refractivity contribution is 0.115. The van der Waals surface area contributed by atoms with Crippen molar-refractivity contribution in [3.8, 4) is 11.5 Å². The highest BCUT2D eigenvalue weighted by Crippen LogP contribution is 2.29. The van der Waals surface area contributed by atoms with Crippen molar-refractivity contribution in [3.63, 3.8) is 0 Å². The van der Waals surface area contributed by atoms with Crippen LogP contribution < -0.4 is 14.8 Å². The Kier molecular flexibility index (Phi) is 12.2. The van der Waals surface area contributed by atoms with Crippen molar-refractivity contribution >= 4 is 29.9 Å². The minimum Gasteiger partial charge on any atom is -0.493 e. The smallest absolute Gasteiger partial charge is 0.194 e. The van der Waals surface area contributed by atoms with Crippen LogP contribution in [-0.2, 0) is 11.3 Å².